The molecule has 2 rings (SSSR count). The molecule has 0 saturated carbocycles. The van der Waals surface area contributed by atoms with Gasteiger partial charge in [0.25, 0.3) is 5.91 Å². The van der Waals surface area contributed by atoms with Gasteiger partial charge in [0.1, 0.15) is 5.82 Å². The second-order valence-corrected chi connectivity index (χ2v) is 5.73. The van der Waals surface area contributed by atoms with Crippen LogP contribution < -0.4 is 14.8 Å². The lowest BCUT2D eigenvalue weighted by Gasteiger charge is -2.32. The third-order valence-electron chi connectivity index (χ3n) is 4.29. The van der Waals surface area contributed by atoms with Gasteiger partial charge in [-0.1, -0.05) is 6.92 Å². The highest BCUT2D eigenvalue weighted by Gasteiger charge is 2.26. The average molecular weight is 324 g/mol. The van der Waals surface area contributed by atoms with Gasteiger partial charge in [-0.2, -0.15) is 0 Å². The summed E-state index contributed by atoms with van der Waals surface area (Å²) in [7, 11) is 2.91. The molecule has 0 bridgehead atoms. The van der Waals surface area contributed by atoms with Crippen LogP contribution in [0.15, 0.2) is 12.1 Å². The molecule has 1 saturated heterocycles. The van der Waals surface area contributed by atoms with Crippen molar-refractivity contribution in [1.29, 1.82) is 0 Å². The van der Waals surface area contributed by atoms with E-state index in [-0.39, 0.29) is 17.2 Å². The Morgan fingerprint density at radius 1 is 1.26 bits per heavy atom. The van der Waals surface area contributed by atoms with Gasteiger partial charge in [-0.15, -0.1) is 0 Å². The Kier molecular flexibility index (Phi) is 6.21. The monoisotopic (exact) mass is 324 g/mol. The highest BCUT2D eigenvalue weighted by Crippen LogP contribution is 2.31. The highest BCUT2D eigenvalue weighted by molar-refractivity contribution is 5.95. The molecule has 1 amide bonds. The van der Waals surface area contributed by atoms with Crippen LogP contribution >= 0.6 is 0 Å². The lowest BCUT2D eigenvalue weighted by molar-refractivity contribution is 0.0685. The van der Waals surface area contributed by atoms with Gasteiger partial charge in [0.2, 0.25) is 0 Å². The van der Waals surface area contributed by atoms with E-state index in [0.29, 0.717) is 24.8 Å². The van der Waals surface area contributed by atoms with Gasteiger partial charge in [-0.3, -0.25) is 4.79 Å². The number of likely N-dealkylation sites (tertiary alicyclic amines) is 1. The molecule has 0 aromatic heterocycles. The Morgan fingerprint density at radius 3 is 2.43 bits per heavy atom. The van der Waals surface area contributed by atoms with E-state index in [9.17, 15) is 9.18 Å². The maximum Gasteiger partial charge on any atom is 0.256 e. The van der Waals surface area contributed by atoms with Gasteiger partial charge in [-0.05, 0) is 37.9 Å². The molecule has 6 heteroatoms. The first-order chi connectivity index (χ1) is 11.1. The number of hydrogen-bond acceptors (Lipinski definition) is 4. The molecular weight excluding hydrogens is 299 g/mol. The number of ether oxygens (including phenoxy) is 2. The minimum Gasteiger partial charge on any atom is -0.493 e. The highest BCUT2D eigenvalue weighted by atomic mass is 19.1. The van der Waals surface area contributed by atoms with Crippen LogP contribution in [-0.2, 0) is 0 Å². The maximum absolute atomic E-state index is 14.2. The number of amides is 1. The van der Waals surface area contributed by atoms with Crippen molar-refractivity contribution in [3.05, 3.63) is 23.5 Å². The Bertz CT molecular complexity index is 543. The fourth-order valence-electron chi connectivity index (χ4n) is 2.88. The van der Waals surface area contributed by atoms with Crippen molar-refractivity contribution in [2.75, 3.05) is 40.4 Å². The smallest absolute Gasteiger partial charge is 0.256 e. The van der Waals surface area contributed by atoms with Gasteiger partial charge in [0.05, 0.1) is 19.8 Å². The molecule has 5 nitrogen and oxygen atoms in total. The molecule has 1 N–H and O–H groups in total. The van der Waals surface area contributed by atoms with Gasteiger partial charge in [-0.25, -0.2) is 4.39 Å². The van der Waals surface area contributed by atoms with Gasteiger partial charge in [0.15, 0.2) is 11.5 Å². The van der Waals surface area contributed by atoms with E-state index in [4.69, 9.17) is 9.47 Å². The summed E-state index contributed by atoms with van der Waals surface area (Å²) in [5.41, 5.74) is 0.0350. The van der Waals surface area contributed by atoms with Crippen LogP contribution in [0, 0.1) is 11.7 Å². The van der Waals surface area contributed by atoms with Crippen molar-refractivity contribution in [3.63, 3.8) is 0 Å². The molecule has 1 heterocycles. The zero-order chi connectivity index (χ0) is 16.8. The first-order valence-corrected chi connectivity index (χ1v) is 8.02. The first-order valence-electron chi connectivity index (χ1n) is 8.02. The van der Waals surface area contributed by atoms with Crippen molar-refractivity contribution >= 4 is 5.91 Å². The minimum absolute atomic E-state index is 0.0350. The summed E-state index contributed by atoms with van der Waals surface area (Å²) in [4.78, 5) is 14.3. The third kappa shape index (κ3) is 4.13. The van der Waals surface area contributed by atoms with Crippen molar-refractivity contribution in [3.8, 4) is 11.5 Å². The summed E-state index contributed by atoms with van der Waals surface area (Å²) >= 11 is 0. The number of rotatable bonds is 6. The van der Waals surface area contributed by atoms with E-state index >= 15 is 0 Å². The predicted molar refractivity (Wildman–Crippen MR) is 86.7 cm³/mol. The second-order valence-electron chi connectivity index (χ2n) is 5.73. The zero-order valence-electron chi connectivity index (χ0n) is 14.0. The van der Waals surface area contributed by atoms with Crippen molar-refractivity contribution in [1.82, 2.24) is 10.2 Å². The molecule has 1 aliphatic rings. The molecule has 0 radical (unpaired) electrons. The summed E-state index contributed by atoms with van der Waals surface area (Å²) in [6.07, 6.45) is 1.88. The minimum atomic E-state index is -0.581. The van der Waals surface area contributed by atoms with Crippen molar-refractivity contribution in [2.45, 2.75) is 19.8 Å². The topological polar surface area (TPSA) is 50.8 Å². The number of halogens is 1. The Hall–Kier alpha value is -1.82. The number of carbonyl (C=O) groups is 1. The summed E-state index contributed by atoms with van der Waals surface area (Å²) in [5, 5.41) is 3.34. The quantitative estimate of drug-likeness (QED) is 0.872. The molecule has 0 atom stereocenters. The van der Waals surface area contributed by atoms with Crippen LogP contribution in [0.1, 0.15) is 30.1 Å². The number of nitrogens with zero attached hydrogens (tertiary/aromatic N) is 1. The number of benzene rings is 1. The predicted octanol–water partition coefficient (Wildman–Crippen LogP) is 2.30. The van der Waals surface area contributed by atoms with E-state index in [1.807, 2.05) is 0 Å². The summed E-state index contributed by atoms with van der Waals surface area (Å²) in [6.45, 7) is 5.32. The standard InChI is InChI=1S/C17H25FN2O3/c1-4-19-11-12-5-7-20(8-6-12)17(21)13-9-15(22-2)16(23-3)10-14(13)18/h9-10,12,19H,4-8,11H2,1-3H3. The summed E-state index contributed by atoms with van der Waals surface area (Å²) < 4.78 is 24.4. The number of hydrogen-bond donors (Lipinski definition) is 1. The van der Waals surface area contributed by atoms with Crippen LogP contribution in [0.5, 0.6) is 11.5 Å². The van der Waals surface area contributed by atoms with E-state index in [0.717, 1.165) is 25.9 Å². The van der Waals surface area contributed by atoms with Gasteiger partial charge in [0, 0.05) is 19.2 Å². The molecule has 23 heavy (non-hydrogen) atoms. The van der Waals surface area contributed by atoms with E-state index in [1.54, 1.807) is 4.90 Å². The SMILES string of the molecule is CCNCC1CCN(C(=O)c2cc(OC)c(OC)cc2F)CC1. The molecule has 1 aliphatic heterocycles. The molecule has 0 spiro atoms. The fourth-order valence-corrected chi connectivity index (χ4v) is 2.88. The Morgan fingerprint density at radius 2 is 1.87 bits per heavy atom. The van der Waals surface area contributed by atoms with E-state index in [1.165, 1.54) is 26.4 Å². The lowest BCUT2D eigenvalue weighted by Crippen LogP contribution is -2.41. The number of nitrogens with one attached hydrogen (secondary N) is 1. The fraction of sp³-hybridized carbons (Fsp3) is 0.588. The first kappa shape index (κ1) is 17.5. The largest absolute Gasteiger partial charge is 0.493 e. The zero-order valence-corrected chi connectivity index (χ0v) is 14.0. The molecule has 1 aromatic rings. The maximum atomic E-state index is 14.2. The Balaban J connectivity index is 2.06. The molecule has 0 unspecified atom stereocenters. The van der Waals surface area contributed by atoms with Crippen molar-refractivity contribution < 1.29 is 18.7 Å². The Labute approximate surface area is 136 Å². The number of carbonyl (C=O) groups excluding carboxylic acids is 1. The number of piperidine rings is 1. The van der Waals surface area contributed by atoms with Crippen LogP contribution in [0.4, 0.5) is 4.39 Å². The van der Waals surface area contributed by atoms with Gasteiger partial charge < -0.3 is 19.7 Å². The van der Waals surface area contributed by atoms with Crippen LogP contribution in [0.3, 0.4) is 0 Å². The number of methoxy groups -OCH3 is 2. The second kappa shape index (κ2) is 8.15. The molecule has 1 fully saturated rings. The average Bonchev–Trinajstić information content (AvgIpc) is 2.59. The van der Waals surface area contributed by atoms with Gasteiger partial charge >= 0.3 is 0 Å². The normalized spacial score (nSPS) is 15.6. The summed E-state index contributed by atoms with van der Waals surface area (Å²) in [5.74, 6) is 0.354. The molecule has 128 valence electrons. The molecule has 0 aliphatic carbocycles. The van der Waals surface area contributed by atoms with E-state index < -0.39 is 5.82 Å². The van der Waals surface area contributed by atoms with E-state index in [2.05, 4.69) is 12.2 Å². The lowest BCUT2D eigenvalue weighted by atomic mass is 9.96. The van der Waals surface area contributed by atoms with Crippen LogP contribution in [-0.4, -0.2) is 51.2 Å². The summed E-state index contributed by atoms with van der Waals surface area (Å²) in [6, 6.07) is 2.62. The van der Waals surface area contributed by atoms with Crippen LogP contribution in [0.25, 0.3) is 0 Å². The van der Waals surface area contributed by atoms with Crippen LogP contribution in [0.2, 0.25) is 0 Å². The molecule has 1 aromatic carbocycles. The molecular formula is C17H25FN2O3. The third-order valence-corrected chi connectivity index (χ3v) is 4.29. The van der Waals surface area contributed by atoms with Crippen molar-refractivity contribution in [2.24, 2.45) is 5.92 Å².